The molecule has 2 fully saturated rings. The van der Waals surface area contributed by atoms with Crippen LogP contribution >= 0.6 is 0 Å². The molecule has 8 nitrogen and oxygen atoms in total. The summed E-state index contributed by atoms with van der Waals surface area (Å²) in [5.41, 5.74) is 3.74. The van der Waals surface area contributed by atoms with E-state index in [9.17, 15) is 13.2 Å². The van der Waals surface area contributed by atoms with Crippen molar-refractivity contribution in [3.63, 3.8) is 0 Å². The van der Waals surface area contributed by atoms with Gasteiger partial charge in [-0.2, -0.15) is 5.10 Å². The number of hydrogen-bond donors (Lipinski definition) is 1. The lowest BCUT2D eigenvalue weighted by molar-refractivity contribution is 0.572. The Morgan fingerprint density at radius 1 is 1.22 bits per heavy atom. The van der Waals surface area contributed by atoms with Crippen LogP contribution in [0.15, 0.2) is 34.3 Å². The Morgan fingerprint density at radius 2 is 2.04 bits per heavy atom. The Bertz CT molecular complexity index is 1020. The number of anilines is 1. The van der Waals surface area contributed by atoms with Crippen molar-refractivity contribution in [1.29, 1.82) is 0 Å². The third kappa shape index (κ3) is 3.83. The summed E-state index contributed by atoms with van der Waals surface area (Å²) in [4.78, 5) is 19.8. The fourth-order valence-corrected chi connectivity index (χ4v) is 5.32. The van der Waals surface area contributed by atoms with E-state index in [4.69, 9.17) is 4.98 Å². The van der Waals surface area contributed by atoms with E-state index in [1.807, 2.05) is 12.1 Å². The monoisotopic (exact) mass is 389 g/mol. The number of fused-ring (bicyclic) bond motifs is 1. The van der Waals surface area contributed by atoms with E-state index in [2.05, 4.69) is 15.4 Å². The number of rotatable bonds is 4. The van der Waals surface area contributed by atoms with Crippen molar-refractivity contribution in [3.8, 4) is 0 Å². The third-order valence-corrected chi connectivity index (χ3v) is 6.86. The topological polar surface area (TPSA) is 96.1 Å². The summed E-state index contributed by atoms with van der Waals surface area (Å²) in [6.07, 6.45) is 7.05. The van der Waals surface area contributed by atoms with Crippen molar-refractivity contribution < 1.29 is 8.42 Å². The lowest BCUT2D eigenvalue weighted by Gasteiger charge is -2.28. The van der Waals surface area contributed by atoms with Crippen LogP contribution in [0.2, 0.25) is 0 Å². The van der Waals surface area contributed by atoms with E-state index in [1.54, 1.807) is 12.3 Å². The highest BCUT2D eigenvalue weighted by Gasteiger charge is 2.27. The normalized spacial score (nSPS) is 22.5. The zero-order chi connectivity index (χ0) is 18.9. The van der Waals surface area contributed by atoms with E-state index < -0.39 is 9.84 Å². The van der Waals surface area contributed by atoms with Crippen LogP contribution in [-0.4, -0.2) is 54.7 Å². The molecule has 2 aliphatic rings. The molecule has 4 rings (SSSR count). The van der Waals surface area contributed by atoms with Gasteiger partial charge in [-0.15, -0.1) is 0 Å². The fourth-order valence-electron chi connectivity index (χ4n) is 3.65. The highest BCUT2D eigenvalue weighted by atomic mass is 32.2. The molecule has 0 aromatic carbocycles. The molecule has 144 valence electrons. The van der Waals surface area contributed by atoms with Gasteiger partial charge >= 0.3 is 0 Å². The number of piperidine rings is 1. The average molecular weight is 389 g/mol. The smallest absolute Gasteiger partial charge is 0.268 e. The summed E-state index contributed by atoms with van der Waals surface area (Å²) in [6.45, 7) is 1.73. The summed E-state index contributed by atoms with van der Waals surface area (Å²) < 4.78 is 24.7. The molecule has 2 saturated heterocycles. The summed E-state index contributed by atoms with van der Waals surface area (Å²) in [5.74, 6) is 0.910. The van der Waals surface area contributed by atoms with Gasteiger partial charge in [-0.1, -0.05) is 6.07 Å². The minimum Gasteiger partial charge on any atom is -0.356 e. The highest BCUT2D eigenvalue weighted by molar-refractivity contribution is 7.91. The molecule has 2 aromatic heterocycles. The van der Waals surface area contributed by atoms with Crippen LogP contribution in [0.1, 0.15) is 31.2 Å². The van der Waals surface area contributed by atoms with Crippen molar-refractivity contribution in [1.82, 2.24) is 14.8 Å². The zero-order valence-electron chi connectivity index (χ0n) is 15.0. The van der Waals surface area contributed by atoms with Gasteiger partial charge in [0.15, 0.2) is 9.84 Å². The van der Waals surface area contributed by atoms with Crippen LogP contribution < -0.4 is 15.9 Å². The van der Waals surface area contributed by atoms with Crippen LogP contribution in [0.4, 0.5) is 5.82 Å². The molecular formula is C18H23N5O3S. The van der Waals surface area contributed by atoms with Gasteiger partial charge in [-0.05, 0) is 37.8 Å². The second kappa shape index (κ2) is 7.30. The SMILES string of the molecule is O=c1c(/C=N\N[C@@H]2CCS(=O)(=O)C2)c(N2CCCCC2)nc2ccccn12. The highest BCUT2D eigenvalue weighted by Crippen LogP contribution is 2.20. The van der Waals surface area contributed by atoms with E-state index in [-0.39, 0.29) is 23.1 Å². The predicted octanol–water partition coefficient (Wildman–Crippen LogP) is 0.795. The van der Waals surface area contributed by atoms with Gasteiger partial charge < -0.3 is 10.3 Å². The van der Waals surface area contributed by atoms with Crippen LogP contribution in [0, 0.1) is 0 Å². The molecule has 1 N–H and O–H groups in total. The van der Waals surface area contributed by atoms with Crippen LogP contribution in [0.25, 0.3) is 5.65 Å². The average Bonchev–Trinajstić information content (AvgIpc) is 3.03. The maximum Gasteiger partial charge on any atom is 0.268 e. The maximum atomic E-state index is 13.0. The van der Waals surface area contributed by atoms with Gasteiger partial charge in [0.1, 0.15) is 17.0 Å². The zero-order valence-corrected chi connectivity index (χ0v) is 15.9. The largest absolute Gasteiger partial charge is 0.356 e. The molecule has 0 amide bonds. The molecule has 0 bridgehead atoms. The lowest BCUT2D eigenvalue weighted by Crippen LogP contribution is -2.34. The summed E-state index contributed by atoms with van der Waals surface area (Å²) in [5, 5.41) is 4.19. The first-order valence-electron chi connectivity index (χ1n) is 9.29. The molecule has 1 atom stereocenters. The quantitative estimate of drug-likeness (QED) is 0.614. The standard InChI is InChI=1S/C18H23N5O3S/c24-18-15(12-19-21-14-7-11-27(25,26)13-14)17(22-8-3-1-4-9-22)20-16-6-2-5-10-23(16)18/h2,5-6,10,12,14,21H,1,3-4,7-9,11,13H2/b19-12-/t14-/m1/s1. The first kappa shape index (κ1) is 18.0. The van der Waals surface area contributed by atoms with Gasteiger partial charge in [0, 0.05) is 19.3 Å². The Morgan fingerprint density at radius 3 is 2.78 bits per heavy atom. The summed E-state index contributed by atoms with van der Waals surface area (Å²) in [7, 11) is -2.98. The summed E-state index contributed by atoms with van der Waals surface area (Å²) in [6, 6.07) is 5.26. The molecule has 2 aromatic rings. The Balaban J connectivity index is 1.68. The lowest BCUT2D eigenvalue weighted by atomic mass is 10.1. The van der Waals surface area contributed by atoms with E-state index in [0.29, 0.717) is 23.4 Å². The summed E-state index contributed by atoms with van der Waals surface area (Å²) >= 11 is 0. The van der Waals surface area contributed by atoms with Gasteiger partial charge in [-0.3, -0.25) is 9.20 Å². The van der Waals surface area contributed by atoms with E-state index in [1.165, 1.54) is 17.0 Å². The Hall–Kier alpha value is -2.42. The van der Waals surface area contributed by atoms with Gasteiger partial charge in [0.25, 0.3) is 5.56 Å². The van der Waals surface area contributed by atoms with E-state index in [0.717, 1.165) is 25.9 Å². The second-order valence-electron chi connectivity index (χ2n) is 7.12. The van der Waals surface area contributed by atoms with Crippen molar-refractivity contribution >= 4 is 27.5 Å². The minimum absolute atomic E-state index is 0.0816. The van der Waals surface area contributed by atoms with Gasteiger partial charge in [-0.25, -0.2) is 13.4 Å². The van der Waals surface area contributed by atoms with Crippen molar-refractivity contribution in [2.24, 2.45) is 5.10 Å². The maximum absolute atomic E-state index is 13.0. The number of pyridine rings is 1. The Labute approximate surface area is 157 Å². The van der Waals surface area contributed by atoms with Gasteiger partial charge in [0.05, 0.1) is 23.8 Å². The van der Waals surface area contributed by atoms with Gasteiger partial charge in [0.2, 0.25) is 0 Å². The predicted molar refractivity (Wildman–Crippen MR) is 105 cm³/mol. The first-order chi connectivity index (χ1) is 13.0. The van der Waals surface area contributed by atoms with Crippen LogP contribution in [0.3, 0.4) is 0 Å². The van der Waals surface area contributed by atoms with Crippen molar-refractivity contribution in [3.05, 3.63) is 40.3 Å². The first-order valence-corrected chi connectivity index (χ1v) is 11.1. The number of sulfone groups is 1. The molecule has 0 unspecified atom stereocenters. The van der Waals surface area contributed by atoms with Crippen molar-refractivity contribution in [2.45, 2.75) is 31.7 Å². The fraction of sp³-hybridized carbons (Fsp3) is 0.500. The molecule has 0 radical (unpaired) electrons. The number of nitrogens with one attached hydrogen (secondary N) is 1. The van der Waals surface area contributed by atoms with Crippen LogP contribution in [-0.2, 0) is 9.84 Å². The molecule has 4 heterocycles. The number of aromatic nitrogens is 2. The van der Waals surface area contributed by atoms with Crippen LogP contribution in [0.5, 0.6) is 0 Å². The minimum atomic E-state index is -2.98. The number of hydrogen-bond acceptors (Lipinski definition) is 7. The molecule has 27 heavy (non-hydrogen) atoms. The molecule has 0 aliphatic carbocycles. The second-order valence-corrected chi connectivity index (χ2v) is 9.35. The van der Waals surface area contributed by atoms with Crippen molar-refractivity contribution in [2.75, 3.05) is 29.5 Å². The number of hydrazone groups is 1. The molecular weight excluding hydrogens is 366 g/mol. The third-order valence-electron chi connectivity index (χ3n) is 5.09. The molecule has 0 spiro atoms. The molecule has 0 saturated carbocycles. The number of nitrogens with zero attached hydrogens (tertiary/aromatic N) is 4. The Kier molecular flexibility index (Phi) is 4.86. The molecule has 2 aliphatic heterocycles. The van der Waals surface area contributed by atoms with E-state index >= 15 is 0 Å². The molecule has 9 heteroatoms.